The average Bonchev–Trinajstić information content (AvgIpc) is 2.93. The van der Waals surface area contributed by atoms with E-state index < -0.39 is 0 Å². The van der Waals surface area contributed by atoms with Crippen LogP contribution in [-0.4, -0.2) is 11.5 Å². The molecule has 0 aliphatic carbocycles. The van der Waals surface area contributed by atoms with Crippen LogP contribution in [0.2, 0.25) is 0 Å². The van der Waals surface area contributed by atoms with E-state index >= 15 is 0 Å². The SMILES string of the molecule is Cc1cc(F)ccc1CCNCc1ccc2cc[nH]c2c1. The van der Waals surface area contributed by atoms with Crippen molar-refractivity contribution in [3.05, 3.63) is 71.2 Å². The highest BCUT2D eigenvalue weighted by atomic mass is 19.1. The van der Waals surface area contributed by atoms with Gasteiger partial charge in [-0.3, -0.25) is 0 Å². The van der Waals surface area contributed by atoms with E-state index in [1.165, 1.54) is 28.1 Å². The third-order valence-corrected chi connectivity index (χ3v) is 3.82. The molecule has 108 valence electrons. The van der Waals surface area contributed by atoms with Gasteiger partial charge in [0.1, 0.15) is 5.82 Å². The lowest BCUT2D eigenvalue weighted by atomic mass is 10.1. The Morgan fingerprint density at radius 1 is 1.10 bits per heavy atom. The Hall–Kier alpha value is -2.13. The van der Waals surface area contributed by atoms with E-state index in [1.807, 2.05) is 19.2 Å². The fraction of sp³-hybridized carbons (Fsp3) is 0.222. The molecule has 21 heavy (non-hydrogen) atoms. The van der Waals surface area contributed by atoms with Crippen molar-refractivity contribution >= 4 is 10.9 Å². The van der Waals surface area contributed by atoms with Crippen LogP contribution in [0.1, 0.15) is 16.7 Å². The molecule has 2 N–H and O–H groups in total. The largest absolute Gasteiger partial charge is 0.361 e. The summed E-state index contributed by atoms with van der Waals surface area (Å²) in [6.45, 7) is 3.68. The lowest BCUT2D eigenvalue weighted by Gasteiger charge is -2.08. The fourth-order valence-corrected chi connectivity index (χ4v) is 2.60. The number of benzene rings is 2. The van der Waals surface area contributed by atoms with Crippen molar-refractivity contribution in [3.63, 3.8) is 0 Å². The number of rotatable bonds is 5. The summed E-state index contributed by atoms with van der Waals surface area (Å²) < 4.78 is 13.0. The van der Waals surface area contributed by atoms with Gasteiger partial charge in [0.2, 0.25) is 0 Å². The molecule has 0 saturated carbocycles. The Morgan fingerprint density at radius 2 is 2.00 bits per heavy atom. The maximum Gasteiger partial charge on any atom is 0.123 e. The van der Waals surface area contributed by atoms with Crippen LogP contribution in [0.25, 0.3) is 10.9 Å². The first-order chi connectivity index (χ1) is 10.2. The maximum atomic E-state index is 13.0. The molecule has 0 saturated heterocycles. The highest BCUT2D eigenvalue weighted by Crippen LogP contribution is 2.14. The lowest BCUT2D eigenvalue weighted by Crippen LogP contribution is -2.17. The zero-order valence-corrected chi connectivity index (χ0v) is 12.1. The van der Waals surface area contributed by atoms with Crippen molar-refractivity contribution in [2.24, 2.45) is 0 Å². The minimum Gasteiger partial charge on any atom is -0.361 e. The van der Waals surface area contributed by atoms with Crippen molar-refractivity contribution in [3.8, 4) is 0 Å². The van der Waals surface area contributed by atoms with Gasteiger partial charge >= 0.3 is 0 Å². The minimum absolute atomic E-state index is 0.163. The number of aryl methyl sites for hydroxylation is 1. The highest BCUT2D eigenvalue weighted by Gasteiger charge is 2.01. The summed E-state index contributed by atoms with van der Waals surface area (Å²) in [5, 5.41) is 4.68. The van der Waals surface area contributed by atoms with Crippen LogP contribution in [0.5, 0.6) is 0 Å². The molecule has 0 unspecified atom stereocenters. The molecule has 0 atom stereocenters. The third-order valence-electron chi connectivity index (χ3n) is 3.82. The van der Waals surface area contributed by atoms with Crippen LogP contribution >= 0.6 is 0 Å². The quantitative estimate of drug-likeness (QED) is 0.681. The molecule has 0 aliphatic heterocycles. The minimum atomic E-state index is -0.163. The second-order valence-electron chi connectivity index (χ2n) is 5.40. The smallest absolute Gasteiger partial charge is 0.123 e. The van der Waals surface area contributed by atoms with Gasteiger partial charge in [0.25, 0.3) is 0 Å². The van der Waals surface area contributed by atoms with E-state index in [0.717, 1.165) is 25.1 Å². The Labute approximate surface area is 124 Å². The van der Waals surface area contributed by atoms with Gasteiger partial charge < -0.3 is 10.3 Å². The molecule has 1 heterocycles. The third kappa shape index (κ3) is 3.31. The monoisotopic (exact) mass is 282 g/mol. The van der Waals surface area contributed by atoms with E-state index in [4.69, 9.17) is 0 Å². The predicted octanol–water partition coefficient (Wildman–Crippen LogP) is 3.95. The van der Waals surface area contributed by atoms with Crippen molar-refractivity contribution < 1.29 is 4.39 Å². The number of halogens is 1. The van der Waals surface area contributed by atoms with Crippen LogP contribution in [0.4, 0.5) is 4.39 Å². The second-order valence-corrected chi connectivity index (χ2v) is 5.40. The van der Waals surface area contributed by atoms with Gasteiger partial charge in [0, 0.05) is 18.3 Å². The van der Waals surface area contributed by atoms with E-state index in [1.54, 1.807) is 6.07 Å². The number of fused-ring (bicyclic) bond motifs is 1. The zero-order chi connectivity index (χ0) is 14.7. The Balaban J connectivity index is 1.53. The zero-order valence-electron chi connectivity index (χ0n) is 12.1. The Morgan fingerprint density at radius 3 is 2.86 bits per heavy atom. The van der Waals surface area contributed by atoms with E-state index in [2.05, 4.69) is 34.6 Å². The first kappa shape index (κ1) is 13.8. The van der Waals surface area contributed by atoms with Gasteiger partial charge in [0.15, 0.2) is 0 Å². The summed E-state index contributed by atoms with van der Waals surface area (Å²) in [6.07, 6.45) is 2.87. The molecule has 3 rings (SSSR count). The molecule has 0 bridgehead atoms. The number of hydrogen-bond donors (Lipinski definition) is 2. The first-order valence-corrected chi connectivity index (χ1v) is 7.24. The molecule has 3 heteroatoms. The number of aromatic amines is 1. The van der Waals surface area contributed by atoms with Gasteiger partial charge in [-0.2, -0.15) is 0 Å². The van der Waals surface area contributed by atoms with Crippen LogP contribution in [-0.2, 0) is 13.0 Å². The van der Waals surface area contributed by atoms with Crippen LogP contribution < -0.4 is 5.32 Å². The number of H-pyrrole nitrogens is 1. The second kappa shape index (κ2) is 6.10. The standard InChI is InChI=1S/C18H19FN2/c1-13-10-17(19)5-4-15(13)6-8-20-12-14-2-3-16-7-9-21-18(16)11-14/h2-5,7,9-11,20-21H,6,8,12H2,1H3. The predicted molar refractivity (Wildman–Crippen MR) is 84.8 cm³/mol. The summed E-state index contributed by atoms with van der Waals surface area (Å²) in [7, 11) is 0. The van der Waals surface area contributed by atoms with Crippen molar-refractivity contribution in [1.29, 1.82) is 0 Å². The maximum absolute atomic E-state index is 13.0. The summed E-state index contributed by atoms with van der Waals surface area (Å²) >= 11 is 0. The Bertz CT molecular complexity index is 746. The Kier molecular flexibility index (Phi) is 4.02. The molecule has 2 nitrogen and oxygen atoms in total. The van der Waals surface area contributed by atoms with Gasteiger partial charge in [-0.25, -0.2) is 4.39 Å². The molecule has 0 fully saturated rings. The topological polar surface area (TPSA) is 27.8 Å². The molecular weight excluding hydrogens is 263 g/mol. The molecule has 1 aromatic heterocycles. The molecule has 0 spiro atoms. The summed E-state index contributed by atoms with van der Waals surface area (Å²) in [5.41, 5.74) is 4.65. The van der Waals surface area contributed by atoms with Crippen molar-refractivity contribution in [2.45, 2.75) is 19.9 Å². The van der Waals surface area contributed by atoms with Gasteiger partial charge in [-0.1, -0.05) is 18.2 Å². The number of hydrogen-bond acceptors (Lipinski definition) is 1. The van der Waals surface area contributed by atoms with E-state index in [9.17, 15) is 4.39 Å². The van der Waals surface area contributed by atoms with E-state index in [0.29, 0.717) is 0 Å². The van der Waals surface area contributed by atoms with Gasteiger partial charge in [-0.15, -0.1) is 0 Å². The molecule has 0 radical (unpaired) electrons. The summed E-state index contributed by atoms with van der Waals surface area (Å²) in [4.78, 5) is 3.23. The molecule has 2 aromatic carbocycles. The number of aromatic nitrogens is 1. The number of nitrogens with one attached hydrogen (secondary N) is 2. The van der Waals surface area contributed by atoms with Crippen LogP contribution in [0.3, 0.4) is 0 Å². The molecule has 3 aromatic rings. The summed E-state index contributed by atoms with van der Waals surface area (Å²) in [5.74, 6) is -0.163. The summed E-state index contributed by atoms with van der Waals surface area (Å²) in [6, 6.07) is 13.5. The normalized spacial score (nSPS) is 11.1. The molecular formula is C18H19FN2. The fourth-order valence-electron chi connectivity index (χ4n) is 2.60. The van der Waals surface area contributed by atoms with E-state index in [-0.39, 0.29) is 5.82 Å². The van der Waals surface area contributed by atoms with Crippen LogP contribution in [0.15, 0.2) is 48.7 Å². The molecule has 0 amide bonds. The van der Waals surface area contributed by atoms with Gasteiger partial charge in [0.05, 0.1) is 0 Å². The van der Waals surface area contributed by atoms with Gasteiger partial charge in [-0.05, 0) is 66.2 Å². The van der Waals surface area contributed by atoms with Crippen molar-refractivity contribution in [2.75, 3.05) is 6.54 Å². The van der Waals surface area contributed by atoms with Crippen LogP contribution in [0, 0.1) is 12.7 Å². The molecule has 0 aliphatic rings. The average molecular weight is 282 g/mol. The van der Waals surface area contributed by atoms with Crippen molar-refractivity contribution in [1.82, 2.24) is 10.3 Å². The first-order valence-electron chi connectivity index (χ1n) is 7.24. The highest BCUT2D eigenvalue weighted by molar-refractivity contribution is 5.79. The lowest BCUT2D eigenvalue weighted by molar-refractivity contribution is 0.624.